The van der Waals surface area contributed by atoms with Crippen molar-refractivity contribution in [3.8, 4) is 0 Å². The van der Waals surface area contributed by atoms with E-state index in [0.29, 0.717) is 11.8 Å². The second-order valence-corrected chi connectivity index (χ2v) is 5.75. The van der Waals surface area contributed by atoms with Crippen LogP contribution in [-0.2, 0) is 6.42 Å². The van der Waals surface area contributed by atoms with Gasteiger partial charge in [-0.2, -0.15) is 0 Å². The molecule has 0 unspecified atom stereocenters. The van der Waals surface area contributed by atoms with E-state index in [-0.39, 0.29) is 11.6 Å². The van der Waals surface area contributed by atoms with E-state index in [1.807, 2.05) is 51.1 Å². The molecule has 0 saturated carbocycles. The Morgan fingerprint density at radius 3 is 2.64 bits per heavy atom. The molecule has 0 saturated heterocycles. The average molecular weight is 293 g/mol. The van der Waals surface area contributed by atoms with Gasteiger partial charge in [0, 0.05) is 24.4 Å². The number of nitrogens with zero attached hydrogens (tertiary/aromatic N) is 3. The maximum atomic E-state index is 12.7. The van der Waals surface area contributed by atoms with Crippen LogP contribution in [0.25, 0.3) is 10.9 Å². The predicted octanol–water partition coefficient (Wildman–Crippen LogP) is 3.21. The summed E-state index contributed by atoms with van der Waals surface area (Å²) in [7, 11) is 0. The molecule has 0 aliphatic carbocycles. The number of aryl methyl sites for hydroxylation is 2. The first-order valence-electron chi connectivity index (χ1n) is 7.45. The summed E-state index contributed by atoms with van der Waals surface area (Å²) >= 11 is 0. The Labute approximate surface area is 129 Å². The average Bonchev–Trinajstić information content (AvgIpc) is 2.51. The molecule has 0 amide bonds. The topological polar surface area (TPSA) is 47.8 Å². The Kier molecular flexibility index (Phi) is 3.75. The molecule has 4 heteroatoms. The maximum absolute atomic E-state index is 12.7. The fourth-order valence-electron chi connectivity index (χ4n) is 2.74. The van der Waals surface area contributed by atoms with Crippen LogP contribution in [0.15, 0.2) is 47.7 Å². The minimum absolute atomic E-state index is 0.00906. The molecule has 0 aliphatic heterocycles. The van der Waals surface area contributed by atoms with Crippen LogP contribution in [0.1, 0.15) is 29.8 Å². The Hall–Kier alpha value is -2.49. The molecular weight excluding hydrogens is 274 g/mol. The smallest absolute Gasteiger partial charge is 0.261 e. The number of hydrogen-bond acceptors (Lipinski definition) is 3. The van der Waals surface area contributed by atoms with Gasteiger partial charge in [0.2, 0.25) is 0 Å². The molecule has 22 heavy (non-hydrogen) atoms. The van der Waals surface area contributed by atoms with Crippen LogP contribution < -0.4 is 5.56 Å². The van der Waals surface area contributed by atoms with Gasteiger partial charge in [-0.25, -0.2) is 4.98 Å². The quantitative estimate of drug-likeness (QED) is 0.745. The van der Waals surface area contributed by atoms with Gasteiger partial charge < -0.3 is 0 Å². The molecule has 2 heterocycles. The van der Waals surface area contributed by atoms with Crippen molar-refractivity contribution in [2.45, 2.75) is 33.2 Å². The van der Waals surface area contributed by atoms with Gasteiger partial charge in [0.25, 0.3) is 5.56 Å². The molecule has 0 bridgehead atoms. The lowest BCUT2D eigenvalue weighted by Gasteiger charge is -2.16. The lowest BCUT2D eigenvalue weighted by molar-refractivity contribution is 0.516. The van der Waals surface area contributed by atoms with E-state index in [1.54, 1.807) is 17.1 Å². The normalized spacial score (nSPS) is 12.5. The van der Waals surface area contributed by atoms with E-state index in [4.69, 9.17) is 0 Å². The van der Waals surface area contributed by atoms with Crippen molar-refractivity contribution >= 4 is 10.9 Å². The van der Waals surface area contributed by atoms with Crippen LogP contribution in [0.4, 0.5) is 0 Å². The molecule has 1 aromatic carbocycles. The number of fused-ring (bicyclic) bond motifs is 1. The van der Waals surface area contributed by atoms with E-state index in [2.05, 4.69) is 9.97 Å². The van der Waals surface area contributed by atoms with Crippen molar-refractivity contribution in [1.82, 2.24) is 14.5 Å². The van der Waals surface area contributed by atoms with Gasteiger partial charge in [0.15, 0.2) is 0 Å². The molecular formula is C18H19N3O. The Balaban J connectivity index is 2.02. The number of benzene rings is 1. The molecule has 0 N–H and O–H groups in total. The molecule has 2 aromatic heterocycles. The van der Waals surface area contributed by atoms with Crippen LogP contribution in [0.3, 0.4) is 0 Å². The lowest BCUT2D eigenvalue weighted by Crippen LogP contribution is -2.25. The fourth-order valence-corrected chi connectivity index (χ4v) is 2.74. The lowest BCUT2D eigenvalue weighted by atomic mass is 10.1. The fraction of sp³-hybridized carbons (Fsp3) is 0.278. The van der Waals surface area contributed by atoms with Crippen molar-refractivity contribution < 1.29 is 0 Å². The van der Waals surface area contributed by atoms with Crippen LogP contribution in [0, 0.1) is 13.8 Å². The Bertz CT molecular complexity index is 883. The second kappa shape index (κ2) is 5.72. The Morgan fingerprint density at radius 2 is 1.86 bits per heavy atom. The molecule has 4 nitrogen and oxygen atoms in total. The summed E-state index contributed by atoms with van der Waals surface area (Å²) in [5.74, 6) is 0. The van der Waals surface area contributed by atoms with Gasteiger partial charge in [0.1, 0.15) is 0 Å². The summed E-state index contributed by atoms with van der Waals surface area (Å²) in [4.78, 5) is 21.6. The van der Waals surface area contributed by atoms with Crippen LogP contribution in [-0.4, -0.2) is 14.5 Å². The summed E-state index contributed by atoms with van der Waals surface area (Å²) in [6.45, 7) is 6.04. The van der Waals surface area contributed by atoms with Crippen LogP contribution >= 0.6 is 0 Å². The van der Waals surface area contributed by atoms with E-state index in [1.165, 1.54) is 0 Å². The second-order valence-electron chi connectivity index (χ2n) is 5.75. The monoisotopic (exact) mass is 293 g/mol. The van der Waals surface area contributed by atoms with Gasteiger partial charge in [-0.3, -0.25) is 14.3 Å². The van der Waals surface area contributed by atoms with Crippen molar-refractivity contribution in [3.05, 3.63) is 70.0 Å². The first-order chi connectivity index (χ1) is 10.6. The number of rotatable bonds is 3. The van der Waals surface area contributed by atoms with E-state index in [9.17, 15) is 4.79 Å². The zero-order valence-corrected chi connectivity index (χ0v) is 13.1. The molecule has 1 atom stereocenters. The summed E-state index contributed by atoms with van der Waals surface area (Å²) in [5.41, 5.74) is 3.98. The number of aromatic nitrogens is 3. The number of hydrogen-bond donors (Lipinski definition) is 0. The highest BCUT2D eigenvalue weighted by Gasteiger charge is 2.13. The van der Waals surface area contributed by atoms with Crippen LogP contribution in [0.5, 0.6) is 0 Å². The SMILES string of the molecule is Cc1cccnc1C[C@H](C)n1cnc2c(C)cccc2c1=O. The van der Waals surface area contributed by atoms with Crippen LogP contribution in [0.2, 0.25) is 0 Å². The largest absolute Gasteiger partial charge is 0.295 e. The molecule has 3 aromatic rings. The van der Waals surface area contributed by atoms with Crippen molar-refractivity contribution in [1.29, 1.82) is 0 Å². The van der Waals surface area contributed by atoms with Crippen molar-refractivity contribution in [2.24, 2.45) is 0 Å². The molecule has 3 rings (SSSR count). The van der Waals surface area contributed by atoms with Crippen molar-refractivity contribution in [2.75, 3.05) is 0 Å². The van der Waals surface area contributed by atoms with Gasteiger partial charge in [-0.15, -0.1) is 0 Å². The predicted molar refractivity (Wildman–Crippen MR) is 88.1 cm³/mol. The molecule has 0 spiro atoms. The van der Waals surface area contributed by atoms with Gasteiger partial charge in [-0.1, -0.05) is 18.2 Å². The first-order valence-corrected chi connectivity index (χ1v) is 7.45. The summed E-state index contributed by atoms with van der Waals surface area (Å²) < 4.78 is 1.70. The Morgan fingerprint density at radius 1 is 1.09 bits per heavy atom. The zero-order valence-electron chi connectivity index (χ0n) is 13.1. The van der Waals surface area contributed by atoms with E-state index in [0.717, 1.165) is 22.3 Å². The standard InChI is InChI=1S/C18H19N3O/c1-12-7-5-9-19-16(12)10-14(3)21-11-20-17-13(2)6-4-8-15(17)18(21)22/h4-9,11,14H,10H2,1-3H3/t14-/m0/s1. The third kappa shape index (κ3) is 2.52. The van der Waals surface area contributed by atoms with Gasteiger partial charge >= 0.3 is 0 Å². The van der Waals surface area contributed by atoms with E-state index >= 15 is 0 Å². The minimum Gasteiger partial charge on any atom is -0.295 e. The summed E-state index contributed by atoms with van der Waals surface area (Å²) in [5, 5.41) is 0.673. The van der Waals surface area contributed by atoms with Crippen molar-refractivity contribution in [3.63, 3.8) is 0 Å². The number of pyridine rings is 1. The minimum atomic E-state index is 0.00906. The van der Waals surface area contributed by atoms with Gasteiger partial charge in [-0.05, 0) is 44.0 Å². The highest BCUT2D eigenvalue weighted by molar-refractivity contribution is 5.80. The maximum Gasteiger partial charge on any atom is 0.261 e. The molecule has 0 aliphatic rings. The molecule has 112 valence electrons. The molecule has 0 radical (unpaired) electrons. The molecule has 0 fully saturated rings. The summed E-state index contributed by atoms with van der Waals surface area (Å²) in [6, 6.07) is 9.69. The number of para-hydroxylation sites is 1. The zero-order chi connectivity index (χ0) is 15.7. The highest BCUT2D eigenvalue weighted by Crippen LogP contribution is 2.16. The first kappa shape index (κ1) is 14.4. The van der Waals surface area contributed by atoms with E-state index < -0.39 is 0 Å². The van der Waals surface area contributed by atoms with Gasteiger partial charge in [0.05, 0.1) is 17.2 Å². The summed E-state index contributed by atoms with van der Waals surface area (Å²) in [6.07, 6.45) is 4.16. The highest BCUT2D eigenvalue weighted by atomic mass is 16.1. The third-order valence-corrected chi connectivity index (χ3v) is 4.10. The third-order valence-electron chi connectivity index (χ3n) is 4.10.